The summed E-state index contributed by atoms with van der Waals surface area (Å²) in [5, 5.41) is 23.1. The standard InChI is InChI=1S/C34H36N10O2/c35-30-28(20-6-7-20)29(38-32-26(17-37-44(30)32)21-8-11-27(36-16-21)19-4-2-1-3-5-19)22-14-23-9-10-24(15-22)43(23)33(46)31-39-34(41-40-31)42-13-12-25(45)18-42/h1-5,8,11,16-17,20,22-25,45H,6-7,9-10,12-15,18,35H2,(H,39,40,41)/t22-,23+,24-,25-/m1/s1. The molecule has 2 bridgehead atoms. The topological polar surface area (TPSA) is 154 Å². The lowest BCUT2D eigenvalue weighted by Crippen LogP contribution is -2.46. The number of amides is 1. The fourth-order valence-electron chi connectivity index (χ4n) is 7.96. The van der Waals surface area contributed by atoms with E-state index in [4.69, 9.17) is 20.8 Å². The van der Waals surface area contributed by atoms with Crippen LogP contribution in [-0.2, 0) is 0 Å². The summed E-state index contributed by atoms with van der Waals surface area (Å²) in [4.78, 5) is 31.0. The zero-order valence-electron chi connectivity index (χ0n) is 25.5. The maximum absolute atomic E-state index is 13.8. The Labute approximate surface area is 265 Å². The molecule has 12 heteroatoms. The van der Waals surface area contributed by atoms with Gasteiger partial charge in [0.15, 0.2) is 5.65 Å². The minimum atomic E-state index is -0.378. The van der Waals surface area contributed by atoms with Gasteiger partial charge in [-0.3, -0.25) is 9.78 Å². The van der Waals surface area contributed by atoms with Gasteiger partial charge in [0.2, 0.25) is 11.8 Å². The molecule has 0 spiro atoms. The number of β-amino-alcohol motifs (C(OH)–C–C–N with tert-alkyl or cyclic N) is 1. The molecule has 3 aliphatic heterocycles. The molecule has 4 aromatic heterocycles. The maximum Gasteiger partial charge on any atom is 0.292 e. The van der Waals surface area contributed by atoms with Gasteiger partial charge < -0.3 is 25.6 Å². The van der Waals surface area contributed by atoms with Crippen LogP contribution in [-0.4, -0.2) is 82.0 Å². The Hall–Kier alpha value is -4.84. The largest absolute Gasteiger partial charge is 0.391 e. The van der Waals surface area contributed by atoms with Crippen molar-refractivity contribution in [1.82, 2.24) is 39.7 Å². The van der Waals surface area contributed by atoms with Crippen molar-refractivity contribution >= 4 is 23.3 Å². The van der Waals surface area contributed by atoms with Crippen LogP contribution in [0, 0.1) is 0 Å². The van der Waals surface area contributed by atoms with Crippen molar-refractivity contribution in [3.63, 3.8) is 0 Å². The average molecular weight is 617 g/mol. The number of nitrogens with one attached hydrogen (secondary N) is 1. The number of anilines is 2. The van der Waals surface area contributed by atoms with Crippen molar-refractivity contribution in [2.45, 2.75) is 75.0 Å². The molecule has 1 amide bonds. The van der Waals surface area contributed by atoms with E-state index in [-0.39, 0.29) is 35.8 Å². The monoisotopic (exact) mass is 616 g/mol. The molecule has 12 nitrogen and oxygen atoms in total. The summed E-state index contributed by atoms with van der Waals surface area (Å²) in [6.07, 6.45) is 9.84. The highest BCUT2D eigenvalue weighted by molar-refractivity contribution is 5.91. The number of carbonyl (C=O) groups is 1. The number of benzene rings is 1. The van der Waals surface area contributed by atoms with E-state index in [0.29, 0.717) is 37.2 Å². The molecule has 1 aliphatic carbocycles. The van der Waals surface area contributed by atoms with Crippen LogP contribution in [0.3, 0.4) is 0 Å². The summed E-state index contributed by atoms with van der Waals surface area (Å²) in [6.45, 7) is 1.19. The molecule has 46 heavy (non-hydrogen) atoms. The lowest BCUT2D eigenvalue weighted by molar-refractivity contribution is 0.0557. The van der Waals surface area contributed by atoms with Crippen LogP contribution in [0.5, 0.6) is 0 Å². The summed E-state index contributed by atoms with van der Waals surface area (Å²) in [6, 6.07) is 14.5. The molecule has 5 aromatic rings. The van der Waals surface area contributed by atoms with Gasteiger partial charge >= 0.3 is 0 Å². The number of fused-ring (bicyclic) bond motifs is 3. The highest BCUT2D eigenvalue weighted by Crippen LogP contribution is 2.50. The number of nitrogen functional groups attached to an aromatic ring is 1. The number of H-pyrrole nitrogens is 1. The fourth-order valence-corrected chi connectivity index (χ4v) is 7.96. The Morgan fingerprint density at radius 2 is 1.72 bits per heavy atom. The molecule has 7 heterocycles. The molecule has 3 saturated heterocycles. The van der Waals surface area contributed by atoms with Crippen molar-refractivity contribution in [3.8, 4) is 22.4 Å². The quantitative estimate of drug-likeness (QED) is 0.255. The Kier molecular flexibility index (Phi) is 6.34. The molecule has 4 aliphatic rings. The number of rotatable bonds is 6. The van der Waals surface area contributed by atoms with E-state index in [0.717, 1.165) is 77.8 Å². The molecule has 9 rings (SSSR count). The molecule has 0 unspecified atom stereocenters. The molecule has 1 aromatic carbocycles. The van der Waals surface area contributed by atoms with Crippen LogP contribution >= 0.6 is 0 Å². The van der Waals surface area contributed by atoms with Crippen molar-refractivity contribution < 1.29 is 9.90 Å². The van der Waals surface area contributed by atoms with E-state index < -0.39 is 0 Å². The lowest BCUT2D eigenvalue weighted by Gasteiger charge is -2.39. The summed E-state index contributed by atoms with van der Waals surface area (Å²) < 4.78 is 1.80. The number of nitrogens with two attached hydrogens (primary N) is 1. The van der Waals surface area contributed by atoms with Gasteiger partial charge in [-0.15, -0.1) is 10.2 Å². The number of nitrogens with zero attached hydrogens (tertiary/aromatic N) is 8. The van der Waals surface area contributed by atoms with Gasteiger partial charge in [0.05, 0.1) is 23.7 Å². The number of aromatic nitrogens is 7. The second kappa shape index (κ2) is 10.6. The summed E-state index contributed by atoms with van der Waals surface area (Å²) >= 11 is 0. The van der Waals surface area contributed by atoms with Gasteiger partial charge in [-0.25, -0.2) is 4.98 Å². The third-order valence-corrected chi connectivity index (χ3v) is 10.4. The van der Waals surface area contributed by atoms with E-state index in [9.17, 15) is 9.90 Å². The third kappa shape index (κ3) is 4.53. The van der Waals surface area contributed by atoms with Gasteiger partial charge in [0, 0.05) is 59.5 Å². The predicted octanol–water partition coefficient (Wildman–Crippen LogP) is 4.16. The van der Waals surface area contributed by atoms with Crippen LogP contribution in [0.2, 0.25) is 0 Å². The number of hydrogen-bond acceptors (Lipinski definition) is 9. The minimum Gasteiger partial charge on any atom is -0.391 e. The summed E-state index contributed by atoms with van der Waals surface area (Å²) in [5.41, 5.74) is 13.7. The number of piperidine rings is 1. The first-order valence-corrected chi connectivity index (χ1v) is 16.4. The second-order valence-electron chi connectivity index (χ2n) is 13.3. The number of pyridine rings is 1. The number of aromatic amines is 1. The van der Waals surface area contributed by atoms with E-state index in [1.807, 2.05) is 46.5 Å². The van der Waals surface area contributed by atoms with Crippen molar-refractivity contribution in [3.05, 3.63) is 71.9 Å². The van der Waals surface area contributed by atoms with E-state index >= 15 is 0 Å². The number of aliphatic hydroxyl groups is 1. The van der Waals surface area contributed by atoms with Crippen LogP contribution in [0.25, 0.3) is 28.0 Å². The van der Waals surface area contributed by atoms with Crippen molar-refractivity contribution in [2.24, 2.45) is 0 Å². The van der Waals surface area contributed by atoms with Gasteiger partial charge in [0.25, 0.3) is 5.91 Å². The fraction of sp³-hybridized carbons (Fsp3) is 0.412. The molecule has 4 N–H and O–H groups in total. The minimum absolute atomic E-state index is 0.0979. The lowest BCUT2D eigenvalue weighted by atomic mass is 9.85. The van der Waals surface area contributed by atoms with Crippen molar-refractivity contribution in [2.75, 3.05) is 23.7 Å². The smallest absolute Gasteiger partial charge is 0.292 e. The third-order valence-electron chi connectivity index (χ3n) is 10.4. The number of hydrogen-bond donors (Lipinski definition) is 3. The molecular formula is C34H36N10O2. The highest BCUT2D eigenvalue weighted by Gasteiger charge is 2.46. The first-order valence-electron chi connectivity index (χ1n) is 16.4. The zero-order chi connectivity index (χ0) is 30.9. The van der Waals surface area contributed by atoms with Crippen LogP contribution < -0.4 is 10.6 Å². The SMILES string of the molecule is Nc1c(C2CC2)c([C@H]2C[C@H]3CC[C@@H](C2)N3C(=O)c2nnc(N3CC[C@@H](O)C3)[nH]2)nc2c(-c3ccc(-c4ccccc4)nc3)cnn12. The molecule has 234 valence electrons. The second-order valence-corrected chi connectivity index (χ2v) is 13.3. The average Bonchev–Trinajstić information content (AvgIpc) is 3.37. The van der Waals surface area contributed by atoms with Gasteiger partial charge in [-0.1, -0.05) is 36.4 Å². The zero-order valence-corrected chi connectivity index (χ0v) is 25.5. The Bertz CT molecular complexity index is 1920. The highest BCUT2D eigenvalue weighted by atomic mass is 16.3. The van der Waals surface area contributed by atoms with E-state index in [2.05, 4.69) is 33.4 Å². The van der Waals surface area contributed by atoms with Crippen LogP contribution in [0.4, 0.5) is 11.8 Å². The Balaban J connectivity index is 1.01. The Morgan fingerprint density at radius 3 is 2.41 bits per heavy atom. The number of carbonyl (C=O) groups excluding carboxylic acids is 1. The van der Waals surface area contributed by atoms with Gasteiger partial charge in [-0.2, -0.15) is 9.61 Å². The predicted molar refractivity (Wildman–Crippen MR) is 172 cm³/mol. The normalized spacial score (nSPS) is 24.3. The molecule has 4 atom stereocenters. The van der Waals surface area contributed by atoms with Crippen molar-refractivity contribution in [1.29, 1.82) is 0 Å². The number of aliphatic hydroxyl groups excluding tert-OH is 1. The Morgan fingerprint density at radius 1 is 0.913 bits per heavy atom. The summed E-state index contributed by atoms with van der Waals surface area (Å²) in [7, 11) is 0. The van der Waals surface area contributed by atoms with Gasteiger partial charge in [0.1, 0.15) is 5.82 Å². The molecular weight excluding hydrogens is 580 g/mol. The van der Waals surface area contributed by atoms with Gasteiger partial charge in [-0.05, 0) is 56.9 Å². The van der Waals surface area contributed by atoms with E-state index in [1.54, 1.807) is 4.52 Å². The summed E-state index contributed by atoms with van der Waals surface area (Å²) in [5.74, 6) is 1.99. The van der Waals surface area contributed by atoms with E-state index in [1.165, 1.54) is 0 Å². The molecule has 4 fully saturated rings. The molecule has 0 radical (unpaired) electrons. The van der Waals surface area contributed by atoms with Crippen LogP contribution in [0.1, 0.15) is 78.7 Å². The first kappa shape index (κ1) is 27.5. The molecule has 1 saturated carbocycles. The van der Waals surface area contributed by atoms with Crippen LogP contribution in [0.15, 0.2) is 54.9 Å². The maximum atomic E-state index is 13.8. The first-order chi connectivity index (χ1) is 22.5.